The van der Waals surface area contributed by atoms with Gasteiger partial charge in [-0.05, 0) is 60.8 Å². The second-order valence-electron chi connectivity index (χ2n) is 4.40. The lowest BCUT2D eigenvalue weighted by Gasteiger charge is -2.26. The van der Waals surface area contributed by atoms with Gasteiger partial charge in [-0.15, -0.1) is 0 Å². The molecule has 1 N–H and O–H groups in total. The van der Waals surface area contributed by atoms with Crippen LogP contribution in [-0.2, 0) is 0 Å². The molecular formula is C14H20ClIN2O. The minimum atomic E-state index is -0.0416. The predicted octanol–water partition coefficient (Wildman–Crippen LogP) is 3.40. The molecule has 1 amide bonds. The number of benzene rings is 1. The van der Waals surface area contributed by atoms with Crippen LogP contribution in [0, 0.1) is 3.57 Å². The van der Waals surface area contributed by atoms with E-state index in [1.807, 2.05) is 0 Å². The Balaban J connectivity index is 2.60. The quantitative estimate of drug-likeness (QED) is 0.750. The van der Waals surface area contributed by atoms with Crippen molar-refractivity contribution in [2.24, 2.45) is 0 Å². The van der Waals surface area contributed by atoms with Crippen LogP contribution in [0.1, 0.15) is 31.1 Å². The van der Waals surface area contributed by atoms with Crippen molar-refractivity contribution in [1.29, 1.82) is 0 Å². The fourth-order valence-electron chi connectivity index (χ4n) is 1.99. The Hall–Kier alpha value is -0.330. The normalized spacial score (nSPS) is 12.5. The maximum Gasteiger partial charge on any atom is 0.252 e. The average Bonchev–Trinajstić information content (AvgIpc) is 2.37. The van der Waals surface area contributed by atoms with Gasteiger partial charge in [0.25, 0.3) is 5.91 Å². The van der Waals surface area contributed by atoms with Gasteiger partial charge in [-0.2, -0.15) is 0 Å². The number of carbonyl (C=O) groups excluding carboxylic acids is 1. The van der Waals surface area contributed by atoms with E-state index < -0.39 is 0 Å². The summed E-state index contributed by atoms with van der Waals surface area (Å²) in [5, 5.41) is 3.63. The maximum atomic E-state index is 12.1. The summed E-state index contributed by atoms with van der Waals surface area (Å²) in [6, 6.07) is 5.64. The van der Waals surface area contributed by atoms with Gasteiger partial charge in [0.2, 0.25) is 0 Å². The molecule has 106 valence electrons. The van der Waals surface area contributed by atoms with Crippen molar-refractivity contribution < 1.29 is 4.79 Å². The lowest BCUT2D eigenvalue weighted by atomic mass is 10.2. The van der Waals surface area contributed by atoms with Crippen LogP contribution in [0.5, 0.6) is 0 Å². The van der Waals surface area contributed by atoms with Crippen molar-refractivity contribution in [3.8, 4) is 0 Å². The van der Waals surface area contributed by atoms with Crippen LogP contribution < -0.4 is 5.32 Å². The molecule has 0 unspecified atom stereocenters. The van der Waals surface area contributed by atoms with Crippen LogP contribution in [0.2, 0.25) is 5.02 Å². The van der Waals surface area contributed by atoms with Crippen molar-refractivity contribution >= 4 is 40.1 Å². The zero-order valence-electron chi connectivity index (χ0n) is 11.5. The Morgan fingerprint density at radius 1 is 1.42 bits per heavy atom. The smallest absolute Gasteiger partial charge is 0.252 e. The summed E-state index contributed by atoms with van der Waals surface area (Å²) < 4.78 is 0.873. The molecule has 0 saturated heterocycles. The molecule has 0 bridgehead atoms. The van der Waals surface area contributed by atoms with Crippen LogP contribution >= 0.6 is 34.2 Å². The number of likely N-dealkylation sites (N-methyl/N-ethyl adjacent to an activating group) is 1. The van der Waals surface area contributed by atoms with Gasteiger partial charge in [-0.1, -0.05) is 25.4 Å². The van der Waals surface area contributed by atoms with Crippen molar-refractivity contribution in [2.75, 3.05) is 19.6 Å². The first-order valence-corrected chi connectivity index (χ1v) is 7.92. The lowest BCUT2D eigenvalue weighted by Crippen LogP contribution is -2.42. The third-order valence-corrected chi connectivity index (χ3v) is 4.30. The van der Waals surface area contributed by atoms with E-state index in [1.165, 1.54) is 0 Å². The Kier molecular flexibility index (Phi) is 7.10. The Labute approximate surface area is 133 Å². The molecule has 0 aliphatic rings. The summed E-state index contributed by atoms with van der Waals surface area (Å²) in [7, 11) is 0. The SMILES string of the molecule is CCN(CC)[C@H](C)CNC(=O)c1ccc(Cl)cc1I. The van der Waals surface area contributed by atoms with E-state index in [2.05, 4.69) is 53.6 Å². The number of nitrogens with one attached hydrogen (secondary N) is 1. The predicted molar refractivity (Wildman–Crippen MR) is 88.9 cm³/mol. The van der Waals surface area contributed by atoms with Gasteiger partial charge in [0.1, 0.15) is 0 Å². The maximum absolute atomic E-state index is 12.1. The summed E-state index contributed by atoms with van der Waals surface area (Å²) in [5.74, 6) is -0.0416. The number of hydrogen-bond donors (Lipinski definition) is 1. The molecule has 0 saturated carbocycles. The van der Waals surface area contributed by atoms with E-state index >= 15 is 0 Å². The number of rotatable bonds is 6. The summed E-state index contributed by atoms with van der Waals surface area (Å²) in [6.45, 7) is 9.02. The first-order chi connectivity index (χ1) is 8.99. The minimum absolute atomic E-state index is 0.0416. The fraction of sp³-hybridized carbons (Fsp3) is 0.500. The van der Waals surface area contributed by atoms with Crippen LogP contribution in [-0.4, -0.2) is 36.5 Å². The van der Waals surface area contributed by atoms with Gasteiger partial charge in [-0.3, -0.25) is 9.69 Å². The molecule has 1 aromatic carbocycles. The average molecular weight is 395 g/mol. The lowest BCUT2D eigenvalue weighted by molar-refractivity contribution is 0.0937. The fourth-order valence-corrected chi connectivity index (χ4v) is 3.10. The molecule has 0 aliphatic carbocycles. The molecule has 19 heavy (non-hydrogen) atoms. The first kappa shape index (κ1) is 16.7. The van der Waals surface area contributed by atoms with Gasteiger partial charge >= 0.3 is 0 Å². The summed E-state index contributed by atoms with van der Waals surface area (Å²) in [5.41, 5.74) is 0.678. The highest BCUT2D eigenvalue weighted by Crippen LogP contribution is 2.17. The van der Waals surface area contributed by atoms with Crippen LogP contribution in [0.4, 0.5) is 0 Å². The zero-order valence-corrected chi connectivity index (χ0v) is 14.5. The molecule has 0 aliphatic heterocycles. The molecule has 0 fully saturated rings. The number of carbonyl (C=O) groups is 1. The Morgan fingerprint density at radius 2 is 2.05 bits per heavy atom. The molecule has 1 rings (SSSR count). The highest BCUT2D eigenvalue weighted by molar-refractivity contribution is 14.1. The highest BCUT2D eigenvalue weighted by Gasteiger charge is 2.14. The van der Waals surface area contributed by atoms with E-state index in [4.69, 9.17) is 11.6 Å². The van der Waals surface area contributed by atoms with Crippen molar-refractivity contribution in [3.05, 3.63) is 32.4 Å². The molecule has 1 aromatic rings. The van der Waals surface area contributed by atoms with E-state index in [0.717, 1.165) is 16.7 Å². The summed E-state index contributed by atoms with van der Waals surface area (Å²) >= 11 is 8.02. The third-order valence-electron chi connectivity index (χ3n) is 3.17. The van der Waals surface area contributed by atoms with Crippen molar-refractivity contribution in [3.63, 3.8) is 0 Å². The van der Waals surface area contributed by atoms with Gasteiger partial charge in [0.15, 0.2) is 0 Å². The second kappa shape index (κ2) is 8.07. The van der Waals surface area contributed by atoms with E-state index in [9.17, 15) is 4.79 Å². The molecular weight excluding hydrogens is 375 g/mol. The van der Waals surface area contributed by atoms with Gasteiger partial charge in [0, 0.05) is 21.2 Å². The van der Waals surface area contributed by atoms with Crippen molar-refractivity contribution in [1.82, 2.24) is 10.2 Å². The monoisotopic (exact) mass is 394 g/mol. The number of halogens is 2. The second-order valence-corrected chi connectivity index (χ2v) is 6.00. The van der Waals surface area contributed by atoms with Gasteiger partial charge in [0.05, 0.1) is 5.56 Å². The number of nitrogens with zero attached hydrogens (tertiary/aromatic N) is 1. The Morgan fingerprint density at radius 3 is 2.58 bits per heavy atom. The third kappa shape index (κ3) is 4.93. The molecule has 5 heteroatoms. The van der Waals surface area contributed by atoms with E-state index in [0.29, 0.717) is 23.2 Å². The summed E-state index contributed by atoms with van der Waals surface area (Å²) in [6.07, 6.45) is 0. The zero-order chi connectivity index (χ0) is 14.4. The minimum Gasteiger partial charge on any atom is -0.350 e. The van der Waals surface area contributed by atoms with Crippen LogP contribution in [0.15, 0.2) is 18.2 Å². The molecule has 3 nitrogen and oxygen atoms in total. The van der Waals surface area contributed by atoms with Crippen LogP contribution in [0.3, 0.4) is 0 Å². The molecule has 1 atom stereocenters. The number of hydrogen-bond acceptors (Lipinski definition) is 2. The van der Waals surface area contributed by atoms with E-state index in [1.54, 1.807) is 18.2 Å². The Bertz CT molecular complexity index is 435. The molecule has 0 aromatic heterocycles. The molecule has 0 radical (unpaired) electrons. The van der Waals surface area contributed by atoms with Gasteiger partial charge < -0.3 is 5.32 Å². The summed E-state index contributed by atoms with van der Waals surface area (Å²) in [4.78, 5) is 14.4. The standard InChI is InChI=1S/C14H20ClIN2O/c1-4-18(5-2)10(3)9-17-14(19)12-7-6-11(15)8-13(12)16/h6-8,10H,4-5,9H2,1-3H3,(H,17,19)/t10-/m1/s1. The number of amides is 1. The first-order valence-electron chi connectivity index (χ1n) is 6.46. The topological polar surface area (TPSA) is 32.3 Å². The van der Waals surface area contributed by atoms with Crippen molar-refractivity contribution in [2.45, 2.75) is 26.8 Å². The molecule has 0 spiro atoms. The van der Waals surface area contributed by atoms with Crippen LogP contribution in [0.25, 0.3) is 0 Å². The molecule has 0 heterocycles. The largest absolute Gasteiger partial charge is 0.350 e. The van der Waals surface area contributed by atoms with E-state index in [-0.39, 0.29) is 5.91 Å². The van der Waals surface area contributed by atoms with Gasteiger partial charge in [-0.25, -0.2) is 0 Å². The highest BCUT2D eigenvalue weighted by atomic mass is 127.